The number of hydrogen-bond acceptors (Lipinski definition) is 3. The van der Waals surface area contributed by atoms with Gasteiger partial charge >= 0.3 is 0 Å². The van der Waals surface area contributed by atoms with Gasteiger partial charge in [-0.1, -0.05) is 64.7 Å². The van der Waals surface area contributed by atoms with Gasteiger partial charge in [-0.25, -0.2) is 0 Å². The van der Waals surface area contributed by atoms with Gasteiger partial charge in [0.15, 0.2) is 12.6 Å². The van der Waals surface area contributed by atoms with Crippen molar-refractivity contribution in [3.05, 3.63) is 0 Å². The van der Waals surface area contributed by atoms with Gasteiger partial charge in [0.1, 0.15) is 5.60 Å². The van der Waals surface area contributed by atoms with Crippen molar-refractivity contribution < 1.29 is 14.6 Å². The van der Waals surface area contributed by atoms with Crippen LogP contribution in [0.2, 0.25) is 0 Å². The molecule has 3 atom stereocenters. The van der Waals surface area contributed by atoms with Crippen LogP contribution >= 0.6 is 0 Å². The Balaban J connectivity index is 1.51. The number of aliphatic hydroxyl groups excluding tert-OH is 1. The molecule has 3 heteroatoms. The van der Waals surface area contributed by atoms with Crippen LogP contribution in [-0.2, 0) is 9.47 Å². The zero-order valence-corrected chi connectivity index (χ0v) is 13.1. The normalized spacial score (nSPS) is 32.7. The van der Waals surface area contributed by atoms with Crippen LogP contribution in [0.5, 0.6) is 0 Å². The van der Waals surface area contributed by atoms with Crippen LogP contribution in [0.1, 0.15) is 90.4 Å². The van der Waals surface area contributed by atoms with Crippen LogP contribution in [0.25, 0.3) is 0 Å². The summed E-state index contributed by atoms with van der Waals surface area (Å²) in [5, 5.41) is 10.0. The van der Waals surface area contributed by atoms with E-state index in [2.05, 4.69) is 6.92 Å². The molecule has 0 saturated carbocycles. The number of rotatable bonds is 10. The quantitative estimate of drug-likeness (QED) is 0.599. The van der Waals surface area contributed by atoms with Crippen molar-refractivity contribution in [2.45, 2.75) is 109 Å². The summed E-state index contributed by atoms with van der Waals surface area (Å²) in [7, 11) is 0. The predicted molar refractivity (Wildman–Crippen MR) is 80.4 cm³/mol. The number of aliphatic hydroxyl groups is 1. The lowest BCUT2D eigenvalue weighted by Crippen LogP contribution is -2.41. The molecule has 1 N–H and O–H groups in total. The van der Waals surface area contributed by atoms with Crippen molar-refractivity contribution in [2.24, 2.45) is 0 Å². The molecule has 0 radical (unpaired) electrons. The third-order valence-corrected chi connectivity index (χ3v) is 4.84. The van der Waals surface area contributed by atoms with Gasteiger partial charge in [0.05, 0.1) is 0 Å². The Labute approximate surface area is 124 Å². The topological polar surface area (TPSA) is 38.7 Å². The fraction of sp³-hybridized carbons (Fsp3) is 1.00. The van der Waals surface area contributed by atoms with E-state index in [0.717, 1.165) is 32.1 Å². The largest absolute Gasteiger partial charge is 0.366 e. The van der Waals surface area contributed by atoms with Crippen LogP contribution in [0.15, 0.2) is 0 Å². The Morgan fingerprint density at radius 3 is 2.35 bits per heavy atom. The monoisotopic (exact) mass is 284 g/mol. The molecule has 0 aromatic heterocycles. The van der Waals surface area contributed by atoms with E-state index in [1.54, 1.807) is 0 Å². The van der Waals surface area contributed by atoms with E-state index in [-0.39, 0.29) is 11.9 Å². The third kappa shape index (κ3) is 4.44. The lowest BCUT2D eigenvalue weighted by molar-refractivity contribution is -0.122. The molecule has 2 aliphatic rings. The van der Waals surface area contributed by atoms with E-state index in [1.807, 2.05) is 0 Å². The van der Waals surface area contributed by atoms with Crippen molar-refractivity contribution >= 4 is 0 Å². The van der Waals surface area contributed by atoms with Crippen molar-refractivity contribution in [3.8, 4) is 0 Å². The number of fused-ring (bicyclic) bond motifs is 2. The van der Waals surface area contributed by atoms with E-state index in [4.69, 9.17) is 9.47 Å². The summed E-state index contributed by atoms with van der Waals surface area (Å²) in [6.07, 6.45) is 15.1. The van der Waals surface area contributed by atoms with Gasteiger partial charge in [-0.2, -0.15) is 0 Å². The maximum Gasteiger partial charge on any atom is 0.187 e. The summed E-state index contributed by atoms with van der Waals surface area (Å²) in [6.45, 7) is 2.26. The Bertz CT molecular complexity index is 269. The summed E-state index contributed by atoms with van der Waals surface area (Å²) in [5.41, 5.74) is -0.371. The third-order valence-electron chi connectivity index (χ3n) is 4.84. The van der Waals surface area contributed by atoms with Crippen LogP contribution in [0, 0.1) is 0 Å². The Kier molecular flexibility index (Phi) is 6.79. The Hall–Kier alpha value is -0.120. The van der Waals surface area contributed by atoms with Crippen LogP contribution in [-0.4, -0.2) is 23.3 Å². The van der Waals surface area contributed by atoms with Gasteiger partial charge in [0.25, 0.3) is 0 Å². The van der Waals surface area contributed by atoms with Gasteiger partial charge in [0, 0.05) is 0 Å². The minimum atomic E-state index is -0.691. The summed E-state index contributed by atoms with van der Waals surface area (Å²) in [4.78, 5) is 0. The van der Waals surface area contributed by atoms with Crippen LogP contribution < -0.4 is 0 Å². The molecule has 0 unspecified atom stereocenters. The molecule has 2 bridgehead atoms. The highest BCUT2D eigenvalue weighted by Crippen LogP contribution is 2.42. The SMILES string of the molecule is CCCCCCCCCCC[C@@]12CCC[C@@H](O[C@@H]1O)O2. The lowest BCUT2D eigenvalue weighted by Gasteiger charge is -2.32. The van der Waals surface area contributed by atoms with Crippen LogP contribution in [0.3, 0.4) is 0 Å². The molecule has 0 amide bonds. The Morgan fingerprint density at radius 2 is 1.65 bits per heavy atom. The average molecular weight is 284 g/mol. The van der Waals surface area contributed by atoms with Gasteiger partial charge in [-0.05, 0) is 25.7 Å². The van der Waals surface area contributed by atoms with Crippen molar-refractivity contribution in [3.63, 3.8) is 0 Å². The second kappa shape index (κ2) is 8.35. The molecule has 2 aliphatic heterocycles. The number of ether oxygens (including phenoxy) is 2. The zero-order chi connectivity index (χ0) is 14.3. The number of unbranched alkanes of at least 4 members (excludes halogenated alkanes) is 8. The first kappa shape index (κ1) is 16.3. The second-order valence-corrected chi connectivity index (χ2v) is 6.57. The highest BCUT2D eigenvalue weighted by Gasteiger charge is 2.50. The lowest BCUT2D eigenvalue weighted by atomic mass is 9.88. The van der Waals surface area contributed by atoms with E-state index >= 15 is 0 Å². The van der Waals surface area contributed by atoms with Gasteiger partial charge in [-0.15, -0.1) is 0 Å². The second-order valence-electron chi connectivity index (χ2n) is 6.57. The van der Waals surface area contributed by atoms with E-state index in [9.17, 15) is 5.11 Å². The fourth-order valence-corrected chi connectivity index (χ4v) is 3.54. The maximum atomic E-state index is 10.0. The highest BCUT2D eigenvalue weighted by atomic mass is 16.8. The summed E-state index contributed by atoms with van der Waals surface area (Å²) >= 11 is 0. The standard InChI is InChI=1S/C17H32O3/c1-2-3-4-5-6-7-8-9-10-13-17-14-11-12-15(20-17)19-16(17)18/h15-16,18H,2-14H2,1H3/t15-,16-,17+/m0/s1. The Morgan fingerprint density at radius 1 is 1.00 bits per heavy atom. The summed E-state index contributed by atoms with van der Waals surface area (Å²) < 4.78 is 11.4. The molecule has 20 heavy (non-hydrogen) atoms. The molecule has 0 spiro atoms. The molecule has 3 nitrogen and oxygen atoms in total. The molecule has 2 rings (SSSR count). The molecule has 2 heterocycles. The summed E-state index contributed by atoms with van der Waals surface area (Å²) in [6, 6.07) is 0. The van der Waals surface area contributed by atoms with Crippen molar-refractivity contribution in [1.29, 1.82) is 0 Å². The van der Waals surface area contributed by atoms with Crippen LogP contribution in [0.4, 0.5) is 0 Å². The van der Waals surface area contributed by atoms with Gasteiger partial charge in [0.2, 0.25) is 0 Å². The van der Waals surface area contributed by atoms with E-state index in [1.165, 1.54) is 51.4 Å². The summed E-state index contributed by atoms with van der Waals surface area (Å²) in [5.74, 6) is 0. The van der Waals surface area contributed by atoms with E-state index < -0.39 is 6.29 Å². The smallest absolute Gasteiger partial charge is 0.187 e. The zero-order valence-electron chi connectivity index (χ0n) is 13.1. The average Bonchev–Trinajstić information content (AvgIpc) is 2.67. The van der Waals surface area contributed by atoms with Gasteiger partial charge < -0.3 is 14.6 Å². The van der Waals surface area contributed by atoms with E-state index in [0.29, 0.717) is 0 Å². The first-order valence-electron chi connectivity index (χ1n) is 8.78. The first-order chi connectivity index (χ1) is 9.77. The fourth-order valence-electron chi connectivity index (χ4n) is 3.54. The molecular formula is C17H32O3. The number of hydrogen-bond donors (Lipinski definition) is 1. The van der Waals surface area contributed by atoms with Crippen molar-refractivity contribution in [2.75, 3.05) is 0 Å². The molecule has 2 fully saturated rings. The molecule has 0 aromatic carbocycles. The molecule has 0 aliphatic carbocycles. The van der Waals surface area contributed by atoms with Crippen molar-refractivity contribution in [1.82, 2.24) is 0 Å². The highest BCUT2D eigenvalue weighted by molar-refractivity contribution is 4.91. The molecule has 2 saturated heterocycles. The molecule has 118 valence electrons. The molecule has 0 aromatic rings. The maximum absolute atomic E-state index is 10.0. The first-order valence-corrected chi connectivity index (χ1v) is 8.78. The minimum Gasteiger partial charge on any atom is -0.366 e. The van der Waals surface area contributed by atoms with Gasteiger partial charge in [-0.3, -0.25) is 0 Å². The minimum absolute atomic E-state index is 0.141. The molecular weight excluding hydrogens is 252 g/mol. The predicted octanol–water partition coefficient (Wildman–Crippen LogP) is 4.52.